The highest BCUT2D eigenvalue weighted by molar-refractivity contribution is 5.87. The van der Waals surface area contributed by atoms with Gasteiger partial charge in [-0.2, -0.15) is 0 Å². The molecule has 1 heterocycles. The molecular weight excluding hydrogens is 265 g/mol. The van der Waals surface area contributed by atoms with Crippen LogP contribution >= 0.6 is 0 Å². The van der Waals surface area contributed by atoms with E-state index < -0.39 is 12.1 Å². The lowest BCUT2D eigenvalue weighted by Crippen LogP contribution is -2.46. The highest BCUT2D eigenvalue weighted by Gasteiger charge is 2.37. The number of nitrogens with one attached hydrogen (secondary N) is 1. The molecule has 6 nitrogen and oxygen atoms in total. The van der Waals surface area contributed by atoms with Crippen molar-refractivity contribution in [3.05, 3.63) is 35.6 Å². The molecule has 1 aromatic rings. The second-order valence-corrected chi connectivity index (χ2v) is 4.43. The first-order valence-electron chi connectivity index (χ1n) is 6.27. The molecule has 0 radical (unpaired) electrons. The number of nitrogens with two attached hydrogens (primary N) is 1. The molecule has 108 valence electrons. The summed E-state index contributed by atoms with van der Waals surface area (Å²) in [6.45, 7) is 0.870. The average molecular weight is 281 g/mol. The number of ether oxygens (including phenoxy) is 1. The van der Waals surface area contributed by atoms with Gasteiger partial charge in [-0.05, 0) is 17.7 Å². The Bertz CT molecular complexity index is 492. The van der Waals surface area contributed by atoms with E-state index in [0.29, 0.717) is 13.1 Å². The lowest BCUT2D eigenvalue weighted by Gasteiger charge is -2.20. The molecule has 1 saturated heterocycles. The van der Waals surface area contributed by atoms with E-state index in [1.807, 2.05) is 0 Å². The zero-order chi connectivity index (χ0) is 14.5. The summed E-state index contributed by atoms with van der Waals surface area (Å²) in [5.74, 6) is -0.654. The first kappa shape index (κ1) is 14.3. The largest absolute Gasteiger partial charge is 0.447 e. The van der Waals surface area contributed by atoms with E-state index in [4.69, 9.17) is 10.5 Å². The molecule has 1 aliphatic rings. The van der Waals surface area contributed by atoms with E-state index >= 15 is 0 Å². The van der Waals surface area contributed by atoms with E-state index in [9.17, 15) is 14.0 Å². The third-order valence-electron chi connectivity index (χ3n) is 2.99. The predicted molar refractivity (Wildman–Crippen MR) is 69.1 cm³/mol. The molecule has 3 N–H and O–H groups in total. The lowest BCUT2D eigenvalue weighted by atomic mass is 10.2. The van der Waals surface area contributed by atoms with Gasteiger partial charge in [0.2, 0.25) is 5.91 Å². The number of halogens is 1. The maximum absolute atomic E-state index is 12.8. The van der Waals surface area contributed by atoms with Crippen molar-refractivity contribution in [1.29, 1.82) is 0 Å². The molecule has 1 aromatic carbocycles. The highest BCUT2D eigenvalue weighted by Crippen LogP contribution is 2.17. The van der Waals surface area contributed by atoms with E-state index in [1.165, 1.54) is 17.0 Å². The number of carbonyl (C=O) groups is 2. The summed E-state index contributed by atoms with van der Waals surface area (Å²) in [5.41, 5.74) is 6.04. The molecular formula is C13H16FN3O3. The maximum atomic E-state index is 12.8. The Labute approximate surface area is 115 Å². The Morgan fingerprint density at radius 1 is 1.45 bits per heavy atom. The zero-order valence-corrected chi connectivity index (χ0v) is 10.8. The fraction of sp³-hybridized carbons (Fsp3) is 0.385. The normalized spacial score (nSPS) is 18.0. The third kappa shape index (κ3) is 3.24. The fourth-order valence-corrected chi connectivity index (χ4v) is 1.94. The van der Waals surface area contributed by atoms with E-state index in [1.54, 1.807) is 12.1 Å². The highest BCUT2D eigenvalue weighted by atomic mass is 19.1. The van der Waals surface area contributed by atoms with Gasteiger partial charge in [-0.15, -0.1) is 0 Å². The number of amides is 2. The Morgan fingerprint density at radius 3 is 2.80 bits per heavy atom. The van der Waals surface area contributed by atoms with E-state index in [0.717, 1.165) is 5.56 Å². The minimum atomic E-state index is -0.681. The molecule has 1 aliphatic heterocycles. The van der Waals surface area contributed by atoms with Crippen LogP contribution in [0.4, 0.5) is 9.18 Å². The Hall–Kier alpha value is -2.15. The molecule has 1 atom stereocenters. The molecule has 7 heteroatoms. The molecule has 2 amide bonds. The quantitative estimate of drug-likeness (QED) is 0.808. The van der Waals surface area contributed by atoms with Crippen LogP contribution in [0.25, 0.3) is 0 Å². The van der Waals surface area contributed by atoms with Gasteiger partial charge < -0.3 is 15.8 Å². The van der Waals surface area contributed by atoms with Crippen LogP contribution in [0.1, 0.15) is 5.56 Å². The standard InChI is InChI=1S/C13H16FN3O3/c14-10-3-1-9(2-4-10)7-17-11(8-20-13(17)19)12(18)16-6-5-15/h1-4,11H,5-8,15H2,(H,16,18)/t11-/m0/s1. The number of benzene rings is 1. The summed E-state index contributed by atoms with van der Waals surface area (Å²) in [7, 11) is 0. The van der Waals surface area contributed by atoms with Crippen LogP contribution in [0.15, 0.2) is 24.3 Å². The van der Waals surface area contributed by atoms with Crippen molar-refractivity contribution in [3.63, 3.8) is 0 Å². The third-order valence-corrected chi connectivity index (χ3v) is 2.99. The molecule has 0 spiro atoms. The minimum Gasteiger partial charge on any atom is -0.447 e. The summed E-state index contributed by atoms with van der Waals surface area (Å²) in [4.78, 5) is 24.9. The zero-order valence-electron chi connectivity index (χ0n) is 10.8. The van der Waals surface area contributed by atoms with Gasteiger partial charge in [0.1, 0.15) is 18.5 Å². The second kappa shape index (κ2) is 6.33. The summed E-state index contributed by atoms with van der Waals surface area (Å²) >= 11 is 0. The molecule has 0 aliphatic carbocycles. The number of hydrogen-bond donors (Lipinski definition) is 2. The summed E-state index contributed by atoms with van der Waals surface area (Å²) in [6, 6.07) is 5.06. The van der Waals surface area contributed by atoms with Crippen molar-refractivity contribution in [3.8, 4) is 0 Å². The smallest absolute Gasteiger partial charge is 0.410 e. The van der Waals surface area contributed by atoms with Crippen LogP contribution in [-0.2, 0) is 16.1 Å². The average Bonchev–Trinajstić information content (AvgIpc) is 2.80. The number of carbonyl (C=O) groups excluding carboxylic acids is 2. The van der Waals surface area contributed by atoms with Crippen molar-refractivity contribution < 1.29 is 18.7 Å². The van der Waals surface area contributed by atoms with Crippen LogP contribution in [0.5, 0.6) is 0 Å². The number of rotatable bonds is 5. The maximum Gasteiger partial charge on any atom is 0.410 e. The number of hydrogen-bond acceptors (Lipinski definition) is 4. The van der Waals surface area contributed by atoms with Gasteiger partial charge >= 0.3 is 6.09 Å². The second-order valence-electron chi connectivity index (χ2n) is 4.43. The molecule has 0 unspecified atom stereocenters. The molecule has 20 heavy (non-hydrogen) atoms. The van der Waals surface area contributed by atoms with Crippen molar-refractivity contribution in [2.45, 2.75) is 12.6 Å². The topological polar surface area (TPSA) is 84.7 Å². The van der Waals surface area contributed by atoms with Crippen molar-refractivity contribution in [2.24, 2.45) is 5.73 Å². The number of nitrogens with zero attached hydrogens (tertiary/aromatic N) is 1. The Kier molecular flexibility index (Phi) is 4.52. The Balaban J connectivity index is 2.04. The summed E-state index contributed by atoms with van der Waals surface area (Å²) in [5, 5.41) is 2.62. The molecule has 1 fully saturated rings. The fourth-order valence-electron chi connectivity index (χ4n) is 1.94. The van der Waals surface area contributed by atoms with Gasteiger partial charge in [0.15, 0.2) is 0 Å². The van der Waals surface area contributed by atoms with Crippen LogP contribution in [0.3, 0.4) is 0 Å². The van der Waals surface area contributed by atoms with Crippen LogP contribution < -0.4 is 11.1 Å². The Morgan fingerprint density at radius 2 is 2.15 bits per heavy atom. The minimum absolute atomic E-state index is 0.0103. The lowest BCUT2D eigenvalue weighted by molar-refractivity contribution is -0.124. The van der Waals surface area contributed by atoms with Gasteiger partial charge in [0.05, 0.1) is 6.54 Å². The van der Waals surface area contributed by atoms with Gasteiger partial charge in [-0.3, -0.25) is 9.69 Å². The first-order chi connectivity index (χ1) is 9.61. The molecule has 0 saturated carbocycles. The van der Waals surface area contributed by atoms with Gasteiger partial charge in [0.25, 0.3) is 0 Å². The monoisotopic (exact) mass is 281 g/mol. The predicted octanol–water partition coefficient (Wildman–Crippen LogP) is 0.221. The van der Waals surface area contributed by atoms with Crippen LogP contribution in [0.2, 0.25) is 0 Å². The van der Waals surface area contributed by atoms with Crippen molar-refractivity contribution in [2.75, 3.05) is 19.7 Å². The molecule has 0 bridgehead atoms. The van der Waals surface area contributed by atoms with Gasteiger partial charge in [-0.25, -0.2) is 9.18 Å². The van der Waals surface area contributed by atoms with Crippen molar-refractivity contribution >= 4 is 12.0 Å². The van der Waals surface area contributed by atoms with Crippen LogP contribution in [0, 0.1) is 5.82 Å². The van der Waals surface area contributed by atoms with Gasteiger partial charge in [0, 0.05) is 13.1 Å². The summed E-state index contributed by atoms with van der Waals surface area (Å²) in [6.07, 6.45) is -0.553. The molecule has 2 rings (SSSR count). The summed E-state index contributed by atoms with van der Waals surface area (Å²) < 4.78 is 17.7. The van der Waals surface area contributed by atoms with E-state index in [-0.39, 0.29) is 24.9 Å². The SMILES string of the molecule is NCCNC(=O)[C@@H]1COC(=O)N1Cc1ccc(F)cc1. The van der Waals surface area contributed by atoms with Crippen LogP contribution in [-0.4, -0.2) is 42.6 Å². The molecule has 0 aromatic heterocycles. The number of cyclic esters (lactones) is 1. The first-order valence-corrected chi connectivity index (χ1v) is 6.27. The van der Waals surface area contributed by atoms with Crippen molar-refractivity contribution in [1.82, 2.24) is 10.2 Å². The van der Waals surface area contributed by atoms with Gasteiger partial charge in [-0.1, -0.05) is 12.1 Å². The van der Waals surface area contributed by atoms with E-state index in [2.05, 4.69) is 5.32 Å².